The number of carbonyl (C=O) groups excluding carboxylic acids is 1. The fourth-order valence-electron chi connectivity index (χ4n) is 3.61. The lowest BCUT2D eigenvalue weighted by Gasteiger charge is -2.29. The summed E-state index contributed by atoms with van der Waals surface area (Å²) >= 11 is 12.5. The van der Waals surface area contributed by atoms with Gasteiger partial charge in [-0.25, -0.2) is 8.42 Å². The van der Waals surface area contributed by atoms with E-state index in [1.165, 1.54) is 18.2 Å². The Bertz CT molecular complexity index is 1250. The van der Waals surface area contributed by atoms with E-state index in [0.29, 0.717) is 18.9 Å². The highest BCUT2D eigenvalue weighted by Gasteiger charge is 2.29. The molecular formula is C24H23Cl2N3O4S. The van der Waals surface area contributed by atoms with E-state index >= 15 is 0 Å². The van der Waals surface area contributed by atoms with Crippen LogP contribution in [-0.4, -0.2) is 47.2 Å². The highest BCUT2D eigenvalue weighted by atomic mass is 35.5. The molecular weight excluding hydrogens is 497 g/mol. The standard InChI is InChI=1S/C24H23Cl2N3O4S/c25-21-7-4-8-22(24(21)26)29(34(31,32)20-5-2-1-3-6-20)17-23(30)27-18-9-11-19(12-10-18)28-13-15-33-16-14-28/h1-12H,13-17H2,(H,27,30). The number of ether oxygens (including phenoxy) is 1. The molecule has 1 aliphatic rings. The molecule has 1 fully saturated rings. The van der Waals surface area contributed by atoms with Crippen LogP contribution in [0.4, 0.5) is 17.1 Å². The van der Waals surface area contributed by atoms with Crippen molar-refractivity contribution >= 4 is 56.2 Å². The molecule has 1 heterocycles. The van der Waals surface area contributed by atoms with Gasteiger partial charge < -0.3 is 15.0 Å². The van der Waals surface area contributed by atoms with Gasteiger partial charge in [0.25, 0.3) is 10.0 Å². The third-order valence-electron chi connectivity index (χ3n) is 5.35. The predicted octanol–water partition coefficient (Wildman–Crippen LogP) is 4.66. The molecule has 1 amide bonds. The first-order chi connectivity index (χ1) is 16.4. The summed E-state index contributed by atoms with van der Waals surface area (Å²) in [6, 6.07) is 19.9. The molecule has 0 unspecified atom stereocenters. The Morgan fingerprint density at radius 3 is 2.29 bits per heavy atom. The van der Waals surface area contributed by atoms with Crippen LogP contribution in [0.25, 0.3) is 0 Å². The Morgan fingerprint density at radius 1 is 0.941 bits per heavy atom. The van der Waals surface area contributed by atoms with E-state index in [-0.39, 0.29) is 20.6 Å². The van der Waals surface area contributed by atoms with Gasteiger partial charge in [-0.3, -0.25) is 9.10 Å². The SMILES string of the molecule is O=C(CN(c1cccc(Cl)c1Cl)S(=O)(=O)c1ccccc1)Nc1ccc(N2CCOCC2)cc1. The number of nitrogens with zero attached hydrogens (tertiary/aromatic N) is 2. The summed E-state index contributed by atoms with van der Waals surface area (Å²) in [5, 5.41) is 3.00. The summed E-state index contributed by atoms with van der Waals surface area (Å²) in [6.45, 7) is 2.48. The molecule has 34 heavy (non-hydrogen) atoms. The summed E-state index contributed by atoms with van der Waals surface area (Å²) < 4.78 is 33.2. The second-order valence-corrected chi connectivity index (χ2v) is 10.2. The molecule has 178 valence electrons. The number of anilines is 3. The van der Waals surface area contributed by atoms with Crippen LogP contribution in [-0.2, 0) is 19.6 Å². The van der Waals surface area contributed by atoms with Gasteiger partial charge in [-0.2, -0.15) is 0 Å². The smallest absolute Gasteiger partial charge is 0.264 e. The molecule has 0 bridgehead atoms. The van der Waals surface area contributed by atoms with E-state index in [0.717, 1.165) is 23.1 Å². The maximum atomic E-state index is 13.4. The molecule has 1 N–H and O–H groups in total. The molecule has 0 atom stereocenters. The summed E-state index contributed by atoms with van der Waals surface area (Å²) in [4.78, 5) is 15.2. The largest absolute Gasteiger partial charge is 0.378 e. The van der Waals surface area contributed by atoms with Gasteiger partial charge >= 0.3 is 0 Å². The van der Waals surface area contributed by atoms with Gasteiger partial charge in [0.2, 0.25) is 5.91 Å². The molecule has 0 spiro atoms. The molecule has 0 aliphatic carbocycles. The Morgan fingerprint density at radius 2 is 1.62 bits per heavy atom. The van der Waals surface area contributed by atoms with Crippen LogP contribution in [0.5, 0.6) is 0 Å². The second-order valence-electron chi connectivity index (χ2n) is 7.59. The van der Waals surface area contributed by atoms with E-state index < -0.39 is 22.5 Å². The maximum Gasteiger partial charge on any atom is 0.264 e. The van der Waals surface area contributed by atoms with E-state index in [1.807, 2.05) is 12.1 Å². The van der Waals surface area contributed by atoms with Gasteiger partial charge in [0.05, 0.1) is 33.8 Å². The van der Waals surface area contributed by atoms with E-state index in [1.54, 1.807) is 42.5 Å². The number of rotatable bonds is 7. The quantitative estimate of drug-likeness (QED) is 0.490. The highest BCUT2D eigenvalue weighted by molar-refractivity contribution is 7.92. The molecule has 7 nitrogen and oxygen atoms in total. The first kappa shape index (κ1) is 24.3. The molecule has 3 aromatic rings. The topological polar surface area (TPSA) is 79.0 Å². The van der Waals surface area contributed by atoms with Crippen molar-refractivity contribution in [3.05, 3.63) is 82.8 Å². The number of halogens is 2. The Labute approximate surface area is 208 Å². The van der Waals surface area contributed by atoms with Crippen molar-refractivity contribution in [1.29, 1.82) is 0 Å². The zero-order chi connectivity index (χ0) is 24.1. The minimum atomic E-state index is -4.09. The van der Waals surface area contributed by atoms with E-state index in [9.17, 15) is 13.2 Å². The predicted molar refractivity (Wildman–Crippen MR) is 136 cm³/mol. The van der Waals surface area contributed by atoms with Crippen LogP contribution in [0.2, 0.25) is 10.0 Å². The molecule has 0 saturated carbocycles. The van der Waals surface area contributed by atoms with E-state index in [4.69, 9.17) is 27.9 Å². The molecule has 10 heteroatoms. The average molecular weight is 520 g/mol. The summed E-state index contributed by atoms with van der Waals surface area (Å²) in [7, 11) is -4.09. The number of benzene rings is 3. The van der Waals surface area contributed by atoms with Crippen LogP contribution in [0.1, 0.15) is 0 Å². The lowest BCUT2D eigenvalue weighted by molar-refractivity contribution is -0.114. The third-order valence-corrected chi connectivity index (χ3v) is 7.93. The van der Waals surface area contributed by atoms with Crippen LogP contribution < -0.4 is 14.5 Å². The second kappa shape index (κ2) is 10.7. The number of morpholine rings is 1. The third kappa shape index (κ3) is 5.47. The van der Waals surface area contributed by atoms with E-state index in [2.05, 4.69) is 10.2 Å². The van der Waals surface area contributed by atoms with Crippen LogP contribution in [0.3, 0.4) is 0 Å². The summed E-state index contributed by atoms with van der Waals surface area (Å²) in [6.07, 6.45) is 0. The number of hydrogen-bond acceptors (Lipinski definition) is 5. The lowest BCUT2D eigenvalue weighted by atomic mass is 10.2. The minimum absolute atomic E-state index is 0.0358. The van der Waals surface area contributed by atoms with Crippen LogP contribution in [0.15, 0.2) is 77.7 Å². The Hall–Kier alpha value is -2.78. The van der Waals surface area contributed by atoms with Gasteiger partial charge in [0, 0.05) is 24.5 Å². The molecule has 1 saturated heterocycles. The van der Waals surface area contributed by atoms with Crippen LogP contribution >= 0.6 is 23.2 Å². The van der Waals surface area contributed by atoms with Gasteiger partial charge in [0.1, 0.15) is 6.54 Å². The first-order valence-electron chi connectivity index (χ1n) is 10.6. The number of sulfonamides is 1. The van der Waals surface area contributed by atoms with Crippen molar-refractivity contribution in [3.8, 4) is 0 Å². The monoisotopic (exact) mass is 519 g/mol. The Kier molecular flexibility index (Phi) is 7.63. The highest BCUT2D eigenvalue weighted by Crippen LogP contribution is 2.35. The molecule has 1 aliphatic heterocycles. The number of amides is 1. The zero-order valence-electron chi connectivity index (χ0n) is 18.2. The number of hydrogen-bond donors (Lipinski definition) is 1. The number of carbonyl (C=O) groups is 1. The van der Waals surface area contributed by atoms with Crippen molar-refractivity contribution in [2.45, 2.75) is 4.90 Å². The van der Waals surface area contributed by atoms with Crippen LogP contribution in [0, 0.1) is 0 Å². The normalized spacial score (nSPS) is 14.0. The first-order valence-corrected chi connectivity index (χ1v) is 12.8. The minimum Gasteiger partial charge on any atom is -0.378 e. The summed E-state index contributed by atoms with van der Waals surface area (Å²) in [5.41, 5.74) is 1.70. The fourth-order valence-corrected chi connectivity index (χ4v) is 5.51. The maximum absolute atomic E-state index is 13.4. The number of nitrogens with one attached hydrogen (secondary N) is 1. The average Bonchev–Trinajstić information content (AvgIpc) is 2.86. The van der Waals surface area contributed by atoms with Gasteiger partial charge in [-0.1, -0.05) is 47.5 Å². The van der Waals surface area contributed by atoms with Gasteiger partial charge in [-0.05, 0) is 48.5 Å². The fraction of sp³-hybridized carbons (Fsp3) is 0.208. The van der Waals surface area contributed by atoms with Crippen molar-refractivity contribution < 1.29 is 17.9 Å². The van der Waals surface area contributed by atoms with Gasteiger partial charge in [-0.15, -0.1) is 0 Å². The molecule has 4 rings (SSSR count). The Balaban J connectivity index is 1.56. The van der Waals surface area contributed by atoms with Crippen molar-refractivity contribution in [2.75, 3.05) is 47.4 Å². The zero-order valence-corrected chi connectivity index (χ0v) is 20.5. The van der Waals surface area contributed by atoms with Gasteiger partial charge in [0.15, 0.2) is 0 Å². The summed E-state index contributed by atoms with van der Waals surface area (Å²) in [5.74, 6) is -0.519. The van der Waals surface area contributed by atoms with Crippen molar-refractivity contribution in [1.82, 2.24) is 0 Å². The lowest BCUT2D eigenvalue weighted by Crippen LogP contribution is -2.38. The molecule has 0 aromatic heterocycles. The molecule has 3 aromatic carbocycles. The van der Waals surface area contributed by atoms with Crippen molar-refractivity contribution in [3.63, 3.8) is 0 Å². The molecule has 0 radical (unpaired) electrons. The van der Waals surface area contributed by atoms with Crippen molar-refractivity contribution in [2.24, 2.45) is 0 Å².